The van der Waals surface area contributed by atoms with Crippen molar-refractivity contribution in [3.05, 3.63) is 58.6 Å². The lowest BCUT2D eigenvalue weighted by Crippen LogP contribution is -2.45. The maximum absolute atomic E-state index is 12.9. The third-order valence-electron chi connectivity index (χ3n) is 5.68. The van der Waals surface area contributed by atoms with Crippen molar-refractivity contribution in [3.8, 4) is 22.6 Å². The maximum Gasteiger partial charge on any atom is 0.306 e. The quantitative estimate of drug-likeness (QED) is 0.193. The first-order valence-corrected chi connectivity index (χ1v) is 14.3. The van der Waals surface area contributed by atoms with Gasteiger partial charge in [0.25, 0.3) is 5.91 Å². The van der Waals surface area contributed by atoms with E-state index < -0.39 is 34.3 Å². The first-order chi connectivity index (χ1) is 19.3. The molecule has 0 aliphatic carbocycles. The highest BCUT2D eigenvalue weighted by Gasteiger charge is 2.24. The molecule has 0 unspecified atom stereocenters. The van der Waals surface area contributed by atoms with Crippen molar-refractivity contribution in [1.82, 2.24) is 10.5 Å². The Balaban J connectivity index is 1.69. The van der Waals surface area contributed by atoms with Crippen LogP contribution in [0.15, 0.2) is 53.1 Å². The minimum atomic E-state index is -1.34. The highest BCUT2D eigenvalue weighted by atomic mass is 35.5. The number of halogens is 4. The van der Waals surface area contributed by atoms with Gasteiger partial charge in [0.1, 0.15) is 11.3 Å². The molecule has 0 radical (unpaired) electrons. The van der Waals surface area contributed by atoms with Gasteiger partial charge in [-0.2, -0.15) is 0 Å². The van der Waals surface area contributed by atoms with Crippen molar-refractivity contribution in [1.29, 1.82) is 0 Å². The Hall–Kier alpha value is -2.82. The van der Waals surface area contributed by atoms with E-state index in [2.05, 4.69) is 10.5 Å². The van der Waals surface area contributed by atoms with E-state index in [9.17, 15) is 14.4 Å². The zero-order valence-electron chi connectivity index (χ0n) is 22.6. The number of amides is 2. The predicted molar refractivity (Wildman–Crippen MR) is 161 cm³/mol. The van der Waals surface area contributed by atoms with Crippen molar-refractivity contribution in [2.45, 2.75) is 50.1 Å². The van der Waals surface area contributed by atoms with Crippen molar-refractivity contribution in [2.24, 2.45) is 5.73 Å². The van der Waals surface area contributed by atoms with Crippen LogP contribution in [0.3, 0.4) is 0 Å². The lowest BCUT2D eigenvalue weighted by molar-refractivity contribution is -0.155. The summed E-state index contributed by atoms with van der Waals surface area (Å²) < 4.78 is 10.8. The summed E-state index contributed by atoms with van der Waals surface area (Å²) in [5.41, 5.74) is 7.35. The summed E-state index contributed by atoms with van der Waals surface area (Å²) in [7, 11) is 0. The smallest absolute Gasteiger partial charge is 0.306 e. The third-order valence-corrected chi connectivity index (χ3v) is 6.68. The number of ether oxygens (including phenoxy) is 1. The van der Waals surface area contributed by atoms with E-state index in [1.54, 1.807) is 69.3 Å². The molecule has 3 N–H and O–H groups in total. The Morgan fingerprint density at radius 3 is 2.37 bits per heavy atom. The number of hydrogen-bond donors (Lipinski definition) is 2. The van der Waals surface area contributed by atoms with Crippen LogP contribution in [0.5, 0.6) is 0 Å². The Labute approximate surface area is 258 Å². The number of nitrogens with one attached hydrogen (secondary N) is 1. The average Bonchev–Trinajstić information content (AvgIpc) is 3.38. The molecule has 0 spiro atoms. The van der Waals surface area contributed by atoms with E-state index in [0.717, 1.165) is 0 Å². The fourth-order valence-corrected chi connectivity index (χ4v) is 4.63. The Morgan fingerprint density at radius 2 is 1.73 bits per heavy atom. The topological polar surface area (TPSA) is 128 Å². The standard InChI is InChI=1S/C28H30Cl4N4O5/c1-28(2,3)40-23(37)11-10-20(33)26(38)34-12-13-36(27(39)25(31)32)17-7-4-6-16(14-17)22-15-21(35-41-22)24-18(29)8-5-9-19(24)30/h4-9,14-15,20,25H,10-13,33H2,1-3H3,(H,34,38)/t20-/m0/s1. The summed E-state index contributed by atoms with van der Waals surface area (Å²) in [4.78, 5) is 37.3. The molecule has 3 rings (SSSR count). The van der Waals surface area contributed by atoms with Crippen molar-refractivity contribution in [3.63, 3.8) is 0 Å². The highest BCUT2D eigenvalue weighted by molar-refractivity contribution is 6.54. The van der Waals surface area contributed by atoms with Crippen LogP contribution in [0, 0.1) is 0 Å². The minimum absolute atomic E-state index is 0.00449. The molecule has 0 aliphatic rings. The number of rotatable bonds is 11. The number of nitrogens with two attached hydrogens (primary N) is 1. The van der Waals surface area contributed by atoms with Crippen LogP contribution in [0.25, 0.3) is 22.6 Å². The lowest BCUT2D eigenvalue weighted by Gasteiger charge is -2.24. The minimum Gasteiger partial charge on any atom is -0.460 e. The highest BCUT2D eigenvalue weighted by Crippen LogP contribution is 2.36. The van der Waals surface area contributed by atoms with Gasteiger partial charge in [0.2, 0.25) is 5.91 Å². The fourth-order valence-electron chi connectivity index (χ4n) is 3.80. The number of carbonyl (C=O) groups excluding carboxylic acids is 3. The van der Waals surface area contributed by atoms with E-state index in [0.29, 0.717) is 38.3 Å². The van der Waals surface area contributed by atoms with E-state index in [1.807, 2.05) is 0 Å². The van der Waals surface area contributed by atoms with Crippen LogP contribution in [-0.4, -0.2) is 52.5 Å². The molecule has 1 heterocycles. The number of benzene rings is 2. The number of nitrogens with zero attached hydrogens (tertiary/aromatic N) is 2. The largest absolute Gasteiger partial charge is 0.460 e. The van der Waals surface area contributed by atoms with Crippen molar-refractivity contribution < 1.29 is 23.6 Å². The fraction of sp³-hybridized carbons (Fsp3) is 0.357. The van der Waals surface area contributed by atoms with Gasteiger partial charge in [-0.05, 0) is 51.5 Å². The molecule has 0 saturated heterocycles. The van der Waals surface area contributed by atoms with Crippen LogP contribution >= 0.6 is 46.4 Å². The van der Waals surface area contributed by atoms with Gasteiger partial charge < -0.3 is 25.2 Å². The Bertz CT molecular complexity index is 1370. The molecule has 0 saturated carbocycles. The van der Waals surface area contributed by atoms with Crippen molar-refractivity contribution >= 4 is 69.9 Å². The molecule has 0 aliphatic heterocycles. The van der Waals surface area contributed by atoms with Gasteiger partial charge in [-0.1, -0.05) is 69.8 Å². The lowest BCUT2D eigenvalue weighted by atomic mass is 10.1. The van der Waals surface area contributed by atoms with Gasteiger partial charge in [-0.3, -0.25) is 14.4 Å². The summed E-state index contributed by atoms with van der Waals surface area (Å²) in [6.45, 7) is 5.36. The zero-order chi connectivity index (χ0) is 30.3. The summed E-state index contributed by atoms with van der Waals surface area (Å²) in [6, 6.07) is 12.7. The maximum atomic E-state index is 12.9. The second kappa shape index (κ2) is 14.4. The molecule has 9 nitrogen and oxygen atoms in total. The first-order valence-electron chi connectivity index (χ1n) is 12.6. The summed E-state index contributed by atoms with van der Waals surface area (Å²) in [6.07, 6.45) is 0.102. The number of alkyl halides is 2. The second-order valence-electron chi connectivity index (χ2n) is 10.0. The van der Waals surface area contributed by atoms with Crippen LogP contribution in [-0.2, 0) is 19.1 Å². The van der Waals surface area contributed by atoms with Gasteiger partial charge in [-0.15, -0.1) is 0 Å². The molecule has 220 valence electrons. The molecule has 13 heteroatoms. The molecule has 3 aromatic rings. The van der Waals surface area contributed by atoms with E-state index in [4.69, 9.17) is 61.4 Å². The molecular formula is C28H30Cl4N4O5. The molecular weight excluding hydrogens is 614 g/mol. The van der Waals surface area contributed by atoms with Gasteiger partial charge in [0, 0.05) is 42.4 Å². The first kappa shape index (κ1) is 32.7. The van der Waals surface area contributed by atoms with Gasteiger partial charge in [-0.25, -0.2) is 0 Å². The van der Waals surface area contributed by atoms with E-state index in [-0.39, 0.29) is 25.9 Å². The monoisotopic (exact) mass is 642 g/mol. The average molecular weight is 644 g/mol. The molecule has 1 atom stereocenters. The van der Waals surface area contributed by atoms with Crippen LogP contribution in [0.2, 0.25) is 10.0 Å². The molecule has 0 bridgehead atoms. The van der Waals surface area contributed by atoms with E-state index >= 15 is 0 Å². The number of hydrogen-bond acceptors (Lipinski definition) is 7. The molecule has 2 aromatic carbocycles. The Morgan fingerprint density at radius 1 is 1.07 bits per heavy atom. The summed E-state index contributed by atoms with van der Waals surface area (Å²) >= 11 is 24.4. The number of anilines is 1. The van der Waals surface area contributed by atoms with Gasteiger partial charge in [0.15, 0.2) is 10.6 Å². The normalized spacial score (nSPS) is 12.2. The zero-order valence-corrected chi connectivity index (χ0v) is 25.7. The van der Waals surface area contributed by atoms with Gasteiger partial charge >= 0.3 is 5.97 Å². The second-order valence-corrected chi connectivity index (χ2v) is 11.9. The predicted octanol–water partition coefficient (Wildman–Crippen LogP) is 6.02. The molecule has 41 heavy (non-hydrogen) atoms. The third kappa shape index (κ3) is 9.34. The molecule has 1 aromatic heterocycles. The van der Waals surface area contributed by atoms with E-state index in [1.165, 1.54) is 4.90 Å². The SMILES string of the molecule is CC(C)(C)OC(=O)CC[C@H](N)C(=O)NCCN(C(=O)C(Cl)Cl)c1cccc(-c2cc(-c3c(Cl)cccc3Cl)no2)c1. The number of esters is 1. The Kier molecular flexibility index (Phi) is 11.5. The van der Waals surface area contributed by atoms with Crippen molar-refractivity contribution in [2.75, 3.05) is 18.0 Å². The number of carbonyl (C=O) groups is 3. The molecule has 2 amide bonds. The van der Waals surface area contributed by atoms with Crippen LogP contribution in [0.4, 0.5) is 5.69 Å². The van der Waals surface area contributed by atoms with Crippen LogP contribution < -0.4 is 16.0 Å². The summed E-state index contributed by atoms with van der Waals surface area (Å²) in [5, 5.41) is 7.62. The molecule has 0 fully saturated rings. The van der Waals surface area contributed by atoms with Gasteiger partial charge in [0.05, 0.1) is 16.1 Å². The summed E-state index contributed by atoms with van der Waals surface area (Å²) in [5.74, 6) is -1.10. The number of aromatic nitrogens is 1. The van der Waals surface area contributed by atoms with Crippen LogP contribution in [0.1, 0.15) is 33.6 Å².